The van der Waals surface area contributed by atoms with Gasteiger partial charge in [0.25, 0.3) is 0 Å². The molecule has 1 heterocycles. The molecule has 0 radical (unpaired) electrons. The van der Waals surface area contributed by atoms with Crippen molar-refractivity contribution >= 4 is 5.97 Å². The summed E-state index contributed by atoms with van der Waals surface area (Å²) in [5.41, 5.74) is 1.69. The Morgan fingerprint density at radius 1 is 1.42 bits per heavy atom. The van der Waals surface area contributed by atoms with E-state index in [2.05, 4.69) is 10.2 Å². The fraction of sp³-hybridized carbons (Fsp3) is 0.308. The quantitative estimate of drug-likeness (QED) is 0.888. The summed E-state index contributed by atoms with van der Waals surface area (Å²) < 4.78 is 5.25. The third-order valence-corrected chi connectivity index (χ3v) is 2.63. The van der Waals surface area contributed by atoms with Crippen molar-refractivity contribution in [2.24, 2.45) is 0 Å². The number of hydrogen-bond donors (Lipinski definition) is 1. The van der Waals surface area contributed by atoms with Crippen LogP contribution in [0.2, 0.25) is 0 Å². The van der Waals surface area contributed by atoms with E-state index < -0.39 is 12.1 Å². The number of carboxylic acid groups (broad SMARTS) is 1. The molecule has 6 heteroatoms. The van der Waals surface area contributed by atoms with Crippen molar-refractivity contribution in [3.05, 3.63) is 30.5 Å². The first-order valence-electron chi connectivity index (χ1n) is 6.00. The van der Waals surface area contributed by atoms with E-state index in [1.54, 1.807) is 23.1 Å². The number of carboxylic acids is 1. The zero-order chi connectivity index (χ0) is 13.8. The number of ether oxygens (including phenoxy) is 1. The van der Waals surface area contributed by atoms with Gasteiger partial charge in [-0.05, 0) is 38.1 Å². The van der Waals surface area contributed by atoms with Crippen LogP contribution in [0.1, 0.15) is 13.8 Å². The van der Waals surface area contributed by atoms with E-state index in [-0.39, 0.29) is 0 Å². The summed E-state index contributed by atoms with van der Waals surface area (Å²) in [5.74, 6) is -0.475. The van der Waals surface area contributed by atoms with E-state index in [1.807, 2.05) is 19.1 Å². The predicted octanol–water partition coefficient (Wildman–Crippen LogP) is 1.82. The van der Waals surface area contributed by atoms with Crippen molar-refractivity contribution < 1.29 is 14.6 Å². The van der Waals surface area contributed by atoms with Crippen LogP contribution in [-0.4, -0.2) is 32.2 Å². The Morgan fingerprint density at radius 2 is 2.11 bits per heavy atom. The molecule has 19 heavy (non-hydrogen) atoms. The van der Waals surface area contributed by atoms with Crippen LogP contribution in [0.4, 0.5) is 0 Å². The second-order valence-corrected chi connectivity index (χ2v) is 4.04. The molecule has 0 aliphatic carbocycles. The van der Waals surface area contributed by atoms with Crippen LogP contribution in [0.3, 0.4) is 0 Å². The van der Waals surface area contributed by atoms with Gasteiger partial charge in [0.1, 0.15) is 11.4 Å². The first-order chi connectivity index (χ1) is 9.10. The average Bonchev–Trinajstić information content (AvgIpc) is 2.88. The number of benzene rings is 1. The highest BCUT2D eigenvalue weighted by atomic mass is 16.5. The molecule has 2 rings (SSSR count). The van der Waals surface area contributed by atoms with Crippen LogP contribution < -0.4 is 4.74 Å². The summed E-state index contributed by atoms with van der Waals surface area (Å²) in [6.45, 7) is 4.18. The molecular formula is C13H15N3O3. The van der Waals surface area contributed by atoms with Gasteiger partial charge in [0.2, 0.25) is 0 Å². The van der Waals surface area contributed by atoms with Crippen LogP contribution in [0, 0.1) is 0 Å². The molecule has 0 bridgehead atoms. The summed E-state index contributed by atoms with van der Waals surface area (Å²) in [7, 11) is 0. The van der Waals surface area contributed by atoms with Gasteiger partial charge in [-0.25, -0.2) is 4.79 Å². The number of rotatable bonds is 5. The summed E-state index contributed by atoms with van der Waals surface area (Å²) in [6.07, 6.45) is 0.825. The van der Waals surface area contributed by atoms with Gasteiger partial charge < -0.3 is 9.84 Å². The second-order valence-electron chi connectivity index (χ2n) is 4.04. The number of aryl methyl sites for hydroxylation is 1. The zero-order valence-corrected chi connectivity index (χ0v) is 10.8. The van der Waals surface area contributed by atoms with Crippen LogP contribution in [0.5, 0.6) is 5.75 Å². The normalized spacial score (nSPS) is 12.1. The minimum atomic E-state index is -0.991. The number of aromatic nitrogens is 3. The molecule has 0 aliphatic heterocycles. The lowest BCUT2D eigenvalue weighted by Gasteiger charge is -2.10. The fourth-order valence-electron chi connectivity index (χ4n) is 1.54. The Labute approximate surface area is 110 Å². The fourth-order valence-corrected chi connectivity index (χ4v) is 1.54. The molecule has 0 spiro atoms. The molecular weight excluding hydrogens is 246 g/mol. The van der Waals surface area contributed by atoms with Gasteiger partial charge in [-0.15, -0.1) is 0 Å². The van der Waals surface area contributed by atoms with Crippen molar-refractivity contribution in [1.29, 1.82) is 0 Å². The van der Waals surface area contributed by atoms with Gasteiger partial charge in [0.15, 0.2) is 6.10 Å². The number of nitrogens with zero attached hydrogens (tertiary/aromatic N) is 3. The highest BCUT2D eigenvalue weighted by Crippen LogP contribution is 2.20. The average molecular weight is 261 g/mol. The van der Waals surface area contributed by atoms with Gasteiger partial charge >= 0.3 is 5.97 Å². The van der Waals surface area contributed by atoms with Gasteiger partial charge in [-0.1, -0.05) is 0 Å². The molecule has 100 valence electrons. The summed E-state index contributed by atoms with van der Waals surface area (Å²) in [4.78, 5) is 12.3. The topological polar surface area (TPSA) is 77.2 Å². The molecule has 6 nitrogen and oxygen atoms in total. The van der Waals surface area contributed by atoms with Crippen molar-refractivity contribution in [3.63, 3.8) is 0 Å². The number of hydrogen-bond acceptors (Lipinski definition) is 4. The lowest BCUT2D eigenvalue weighted by Crippen LogP contribution is -2.22. The van der Waals surface area contributed by atoms with E-state index in [0.29, 0.717) is 5.75 Å². The van der Waals surface area contributed by atoms with Crippen molar-refractivity contribution in [2.75, 3.05) is 0 Å². The van der Waals surface area contributed by atoms with E-state index in [0.717, 1.165) is 17.8 Å². The van der Waals surface area contributed by atoms with Crippen molar-refractivity contribution in [1.82, 2.24) is 15.0 Å². The summed E-state index contributed by atoms with van der Waals surface area (Å²) in [5, 5.41) is 17.1. The Balaban J connectivity index is 2.12. The number of carbonyl (C=O) groups is 1. The van der Waals surface area contributed by atoms with Crippen molar-refractivity contribution in [3.8, 4) is 17.0 Å². The van der Waals surface area contributed by atoms with Gasteiger partial charge in [0.05, 0.1) is 12.7 Å². The standard InChI is InChI=1S/C13H15N3O3/c1-3-16-14-8-12(15-16)10-4-6-11(7-5-10)19-9(2)13(17)18/h4-9H,3H2,1-2H3,(H,17,18). The van der Waals surface area contributed by atoms with Gasteiger partial charge in [-0.3, -0.25) is 0 Å². The highest BCUT2D eigenvalue weighted by Gasteiger charge is 2.12. The SMILES string of the molecule is CCn1ncc(-c2ccc(OC(C)C(=O)O)cc2)n1. The molecule has 1 N–H and O–H groups in total. The monoisotopic (exact) mass is 261 g/mol. The van der Waals surface area contributed by atoms with E-state index in [9.17, 15) is 4.79 Å². The zero-order valence-electron chi connectivity index (χ0n) is 10.8. The molecule has 0 fully saturated rings. The lowest BCUT2D eigenvalue weighted by molar-refractivity contribution is -0.144. The molecule has 1 aromatic heterocycles. The molecule has 2 aromatic rings. The van der Waals surface area contributed by atoms with Crippen LogP contribution in [0.15, 0.2) is 30.5 Å². The van der Waals surface area contributed by atoms with Crippen LogP contribution in [-0.2, 0) is 11.3 Å². The van der Waals surface area contributed by atoms with Crippen LogP contribution in [0.25, 0.3) is 11.3 Å². The minimum absolute atomic E-state index is 0.515. The second kappa shape index (κ2) is 5.51. The molecule has 0 saturated heterocycles. The lowest BCUT2D eigenvalue weighted by atomic mass is 10.2. The maximum atomic E-state index is 10.7. The third kappa shape index (κ3) is 3.09. The van der Waals surface area contributed by atoms with E-state index in [4.69, 9.17) is 9.84 Å². The highest BCUT2D eigenvalue weighted by molar-refractivity contribution is 5.72. The summed E-state index contributed by atoms with van der Waals surface area (Å²) in [6, 6.07) is 7.10. The smallest absolute Gasteiger partial charge is 0.344 e. The van der Waals surface area contributed by atoms with Crippen molar-refractivity contribution in [2.45, 2.75) is 26.5 Å². The number of aliphatic carboxylic acids is 1. The molecule has 1 atom stereocenters. The molecule has 0 amide bonds. The van der Waals surface area contributed by atoms with E-state index >= 15 is 0 Å². The summed E-state index contributed by atoms with van der Waals surface area (Å²) >= 11 is 0. The Hall–Kier alpha value is -2.37. The predicted molar refractivity (Wildman–Crippen MR) is 68.9 cm³/mol. The molecule has 0 saturated carbocycles. The molecule has 1 unspecified atom stereocenters. The Bertz CT molecular complexity index is 563. The van der Waals surface area contributed by atoms with Crippen LogP contribution >= 0.6 is 0 Å². The Morgan fingerprint density at radius 3 is 2.63 bits per heavy atom. The maximum Gasteiger partial charge on any atom is 0.344 e. The molecule has 1 aromatic carbocycles. The first kappa shape index (κ1) is 13.1. The maximum absolute atomic E-state index is 10.7. The largest absolute Gasteiger partial charge is 0.479 e. The third-order valence-electron chi connectivity index (χ3n) is 2.63. The van der Waals surface area contributed by atoms with Gasteiger partial charge in [-0.2, -0.15) is 15.0 Å². The first-order valence-corrected chi connectivity index (χ1v) is 6.00. The molecule has 0 aliphatic rings. The van der Waals surface area contributed by atoms with E-state index in [1.165, 1.54) is 6.92 Å². The van der Waals surface area contributed by atoms with Gasteiger partial charge in [0, 0.05) is 5.56 Å². The minimum Gasteiger partial charge on any atom is -0.479 e. The Kier molecular flexibility index (Phi) is 3.79.